The van der Waals surface area contributed by atoms with Crippen molar-refractivity contribution in [1.82, 2.24) is 15.2 Å². The van der Waals surface area contributed by atoms with E-state index in [0.29, 0.717) is 45.9 Å². The highest BCUT2D eigenvalue weighted by atomic mass is 16.6. The number of carboxylic acid groups (broad SMARTS) is 1. The lowest BCUT2D eigenvalue weighted by Crippen LogP contribution is -2.35. The number of anilines is 1. The Kier molecular flexibility index (Phi) is 12.2. The lowest BCUT2D eigenvalue weighted by molar-refractivity contribution is -0.175. The first-order valence-electron chi connectivity index (χ1n) is 15.0. The van der Waals surface area contributed by atoms with E-state index in [4.69, 9.17) is 14.6 Å². The molecule has 1 aromatic heterocycles. The summed E-state index contributed by atoms with van der Waals surface area (Å²) in [7, 11) is 0. The van der Waals surface area contributed by atoms with Gasteiger partial charge in [0.1, 0.15) is 5.75 Å². The van der Waals surface area contributed by atoms with Gasteiger partial charge in [-0.1, -0.05) is 13.8 Å². The van der Waals surface area contributed by atoms with Gasteiger partial charge in [-0.05, 0) is 70.6 Å². The van der Waals surface area contributed by atoms with Crippen LogP contribution in [0, 0.1) is 13.8 Å². The molecule has 2 amide bonds. The standard InChI is InChI=1S/C32H40N4O10/c1-7-36(8-2)14-13-33-30(40)28-17(3)25(34-18(28)4)16-23-22-15-21(9-10-24(22)35-29(23)39)46-27(38)12-11-26(37)44-20(6)32(43)45-19(5)31(41)42/h9-10,15-16,19-20,34H,7-8,11-14H2,1-6H3,(H,33,40)(H,35,39)(H,41,42)/b23-16-/t19-,20-/m0/s1. The third kappa shape index (κ3) is 9.03. The van der Waals surface area contributed by atoms with Crippen molar-refractivity contribution in [2.75, 3.05) is 31.5 Å². The number of H-pyrrole nitrogens is 1. The molecule has 0 fully saturated rings. The fourth-order valence-electron chi connectivity index (χ4n) is 4.74. The second kappa shape index (κ2) is 15.8. The summed E-state index contributed by atoms with van der Waals surface area (Å²) in [5.74, 6) is -4.48. The van der Waals surface area contributed by atoms with Crippen molar-refractivity contribution in [3.63, 3.8) is 0 Å². The van der Waals surface area contributed by atoms with Crippen LogP contribution in [0.1, 0.15) is 73.4 Å². The van der Waals surface area contributed by atoms with Crippen LogP contribution in [0.25, 0.3) is 11.6 Å². The first-order chi connectivity index (χ1) is 21.7. The Balaban J connectivity index is 1.65. The summed E-state index contributed by atoms with van der Waals surface area (Å²) < 4.78 is 14.9. The number of rotatable bonds is 15. The Hall–Kier alpha value is -4.98. The number of likely N-dealkylation sites (N-methyl/N-ethyl adjacent to an activating group) is 1. The normalized spacial score (nSPS) is 14.3. The molecule has 0 radical (unpaired) electrons. The maximum absolute atomic E-state index is 13.0. The van der Waals surface area contributed by atoms with E-state index < -0.39 is 42.5 Å². The van der Waals surface area contributed by atoms with Gasteiger partial charge >= 0.3 is 23.9 Å². The second-order valence-corrected chi connectivity index (χ2v) is 10.7. The van der Waals surface area contributed by atoms with Gasteiger partial charge in [-0.3, -0.25) is 19.2 Å². The Morgan fingerprint density at radius 3 is 2.33 bits per heavy atom. The molecule has 14 heteroatoms. The number of aliphatic carboxylic acids is 1. The number of aromatic nitrogens is 1. The number of nitrogens with one attached hydrogen (secondary N) is 3. The Morgan fingerprint density at radius 2 is 1.67 bits per heavy atom. The van der Waals surface area contributed by atoms with Crippen LogP contribution in [0.15, 0.2) is 18.2 Å². The van der Waals surface area contributed by atoms with Gasteiger partial charge in [-0.2, -0.15) is 0 Å². The van der Waals surface area contributed by atoms with Crippen molar-refractivity contribution in [3.8, 4) is 5.75 Å². The fraction of sp³-hybridized carbons (Fsp3) is 0.438. The molecule has 0 spiro atoms. The number of aryl methyl sites for hydroxylation is 1. The molecule has 1 aliphatic heterocycles. The topological polar surface area (TPSA) is 193 Å². The van der Waals surface area contributed by atoms with Crippen LogP contribution in [0.5, 0.6) is 5.75 Å². The molecule has 248 valence electrons. The zero-order valence-electron chi connectivity index (χ0n) is 26.8. The molecule has 0 unspecified atom stereocenters. The van der Waals surface area contributed by atoms with Gasteiger partial charge in [-0.25, -0.2) is 9.59 Å². The van der Waals surface area contributed by atoms with Crippen molar-refractivity contribution >= 4 is 53.0 Å². The van der Waals surface area contributed by atoms with Crippen molar-refractivity contribution in [2.45, 2.75) is 66.6 Å². The molecular weight excluding hydrogens is 600 g/mol. The van der Waals surface area contributed by atoms with Crippen molar-refractivity contribution in [1.29, 1.82) is 0 Å². The molecule has 2 aromatic rings. The smallest absolute Gasteiger partial charge is 0.347 e. The largest absolute Gasteiger partial charge is 0.479 e. The number of hydrogen-bond acceptors (Lipinski definition) is 10. The third-order valence-corrected chi connectivity index (χ3v) is 7.42. The number of carbonyl (C=O) groups is 6. The Morgan fingerprint density at radius 1 is 1.00 bits per heavy atom. The van der Waals surface area contributed by atoms with Gasteiger partial charge in [-0.15, -0.1) is 0 Å². The average Bonchev–Trinajstić information content (AvgIpc) is 3.47. The van der Waals surface area contributed by atoms with Crippen molar-refractivity contribution in [2.24, 2.45) is 0 Å². The molecule has 0 saturated carbocycles. The van der Waals surface area contributed by atoms with Crippen LogP contribution in [0.4, 0.5) is 5.69 Å². The summed E-state index contributed by atoms with van der Waals surface area (Å²) >= 11 is 0. The molecule has 46 heavy (non-hydrogen) atoms. The number of aromatic amines is 1. The highest BCUT2D eigenvalue weighted by molar-refractivity contribution is 6.35. The number of esters is 3. The number of carboxylic acids is 1. The van der Waals surface area contributed by atoms with Crippen LogP contribution < -0.4 is 15.4 Å². The maximum atomic E-state index is 13.0. The van der Waals surface area contributed by atoms with E-state index in [-0.39, 0.29) is 24.0 Å². The average molecular weight is 641 g/mol. The number of fused-ring (bicyclic) bond motifs is 1. The molecule has 0 saturated heterocycles. The number of carbonyl (C=O) groups excluding carboxylic acids is 5. The summed E-state index contributed by atoms with van der Waals surface area (Å²) in [6, 6.07) is 4.59. The first kappa shape index (κ1) is 35.5. The molecule has 2 heterocycles. The van der Waals surface area contributed by atoms with Crippen LogP contribution in [0.3, 0.4) is 0 Å². The van der Waals surface area contributed by atoms with Gasteiger partial charge in [0, 0.05) is 35.7 Å². The highest BCUT2D eigenvalue weighted by Crippen LogP contribution is 2.36. The van der Waals surface area contributed by atoms with E-state index in [1.165, 1.54) is 19.1 Å². The van der Waals surface area contributed by atoms with Crippen LogP contribution in [-0.2, 0) is 33.4 Å². The van der Waals surface area contributed by atoms with Crippen LogP contribution in [0.2, 0.25) is 0 Å². The molecule has 1 aliphatic rings. The summed E-state index contributed by atoms with van der Waals surface area (Å²) in [4.78, 5) is 78.5. The van der Waals surface area contributed by atoms with E-state index in [2.05, 4.69) is 39.1 Å². The molecule has 2 atom stereocenters. The first-order valence-corrected chi connectivity index (χ1v) is 15.0. The minimum Gasteiger partial charge on any atom is -0.479 e. The monoisotopic (exact) mass is 640 g/mol. The molecule has 1 aromatic carbocycles. The third-order valence-electron chi connectivity index (χ3n) is 7.42. The highest BCUT2D eigenvalue weighted by Gasteiger charge is 2.27. The van der Waals surface area contributed by atoms with Gasteiger partial charge < -0.3 is 39.8 Å². The van der Waals surface area contributed by atoms with E-state index in [1.54, 1.807) is 26.0 Å². The van der Waals surface area contributed by atoms with E-state index in [0.717, 1.165) is 26.6 Å². The van der Waals surface area contributed by atoms with Gasteiger partial charge in [0.2, 0.25) is 0 Å². The van der Waals surface area contributed by atoms with Crippen molar-refractivity contribution < 1.29 is 48.1 Å². The van der Waals surface area contributed by atoms with Crippen molar-refractivity contribution in [3.05, 3.63) is 46.3 Å². The lowest BCUT2D eigenvalue weighted by atomic mass is 10.0. The maximum Gasteiger partial charge on any atom is 0.347 e. The number of nitrogens with zero attached hydrogens (tertiary/aromatic N) is 1. The number of hydrogen-bond donors (Lipinski definition) is 4. The molecule has 0 bridgehead atoms. The zero-order valence-corrected chi connectivity index (χ0v) is 26.8. The molecule has 14 nitrogen and oxygen atoms in total. The minimum atomic E-state index is -1.41. The van der Waals surface area contributed by atoms with E-state index >= 15 is 0 Å². The summed E-state index contributed by atoms with van der Waals surface area (Å²) in [5, 5.41) is 14.5. The molecule has 3 rings (SSSR count). The fourth-order valence-corrected chi connectivity index (χ4v) is 4.74. The summed E-state index contributed by atoms with van der Waals surface area (Å²) in [6.45, 7) is 13.1. The van der Waals surface area contributed by atoms with E-state index in [1.807, 2.05) is 0 Å². The van der Waals surface area contributed by atoms with E-state index in [9.17, 15) is 28.8 Å². The number of benzene rings is 1. The van der Waals surface area contributed by atoms with Crippen LogP contribution in [-0.4, -0.2) is 89.1 Å². The quantitative estimate of drug-likeness (QED) is 0.127. The Bertz CT molecular complexity index is 1540. The summed E-state index contributed by atoms with van der Waals surface area (Å²) in [5.41, 5.74) is 3.72. The number of ether oxygens (including phenoxy) is 3. The molecule has 4 N–H and O–H groups in total. The van der Waals surface area contributed by atoms with Gasteiger partial charge in [0.25, 0.3) is 11.8 Å². The zero-order chi connectivity index (χ0) is 34.1. The Labute approximate surface area is 266 Å². The summed E-state index contributed by atoms with van der Waals surface area (Å²) in [6.07, 6.45) is -1.92. The lowest BCUT2D eigenvalue weighted by Gasteiger charge is -2.18. The predicted octanol–water partition coefficient (Wildman–Crippen LogP) is 2.83. The minimum absolute atomic E-state index is 0.131. The molecular formula is C32H40N4O10. The van der Waals surface area contributed by atoms with Crippen LogP contribution >= 0.6 is 0 Å². The molecule has 0 aliphatic carbocycles. The number of amides is 2. The van der Waals surface area contributed by atoms with Gasteiger partial charge in [0.15, 0.2) is 12.2 Å². The predicted molar refractivity (Wildman–Crippen MR) is 167 cm³/mol. The second-order valence-electron chi connectivity index (χ2n) is 10.7. The van der Waals surface area contributed by atoms with Gasteiger partial charge in [0.05, 0.1) is 24.0 Å². The SMILES string of the molecule is CCN(CC)CCNC(=O)c1c(C)[nH]c(/C=C2\C(=O)Nc3ccc(OC(=O)CCC(=O)O[C@@H](C)C(=O)O[C@@H](C)C(=O)O)cc32)c1C.